The number of furan rings is 1. The van der Waals surface area contributed by atoms with Crippen molar-refractivity contribution in [3.05, 3.63) is 87.9 Å². The fraction of sp³-hybridized carbons (Fsp3) is 0.0500. The van der Waals surface area contributed by atoms with E-state index in [9.17, 15) is 19.7 Å². The van der Waals surface area contributed by atoms with Crippen LogP contribution in [-0.4, -0.2) is 21.9 Å². The van der Waals surface area contributed by atoms with Crippen LogP contribution in [0.25, 0.3) is 0 Å². The van der Waals surface area contributed by atoms with Gasteiger partial charge in [-0.2, -0.15) is 0 Å². The van der Waals surface area contributed by atoms with Gasteiger partial charge in [-0.15, -0.1) is 0 Å². The number of para-hydroxylation sites is 1. The molecule has 0 saturated carbocycles. The SMILES string of the molecule is Cc1ccc(NC(=O)c2ccco2)cc1NC(=S)NC(=O)c1ccccc1[N+](=O)[O-]. The van der Waals surface area contributed by atoms with E-state index in [0.717, 1.165) is 5.56 Å². The van der Waals surface area contributed by atoms with Gasteiger partial charge in [0.05, 0.1) is 11.2 Å². The Labute approximate surface area is 176 Å². The molecule has 2 amide bonds. The third-order valence-corrected chi connectivity index (χ3v) is 4.27. The van der Waals surface area contributed by atoms with Crippen LogP contribution in [0.2, 0.25) is 0 Å². The van der Waals surface area contributed by atoms with Gasteiger partial charge in [-0.1, -0.05) is 18.2 Å². The molecule has 30 heavy (non-hydrogen) atoms. The first-order valence-electron chi connectivity index (χ1n) is 8.66. The average Bonchev–Trinajstić information content (AvgIpc) is 3.25. The molecular weight excluding hydrogens is 408 g/mol. The summed E-state index contributed by atoms with van der Waals surface area (Å²) in [6, 6.07) is 13.8. The Morgan fingerprint density at radius 2 is 1.80 bits per heavy atom. The highest BCUT2D eigenvalue weighted by atomic mass is 32.1. The number of aryl methyl sites for hydroxylation is 1. The Kier molecular flexibility index (Phi) is 6.18. The van der Waals surface area contributed by atoms with Crippen molar-refractivity contribution in [1.29, 1.82) is 0 Å². The van der Waals surface area contributed by atoms with Crippen LogP contribution in [0.15, 0.2) is 65.3 Å². The fourth-order valence-corrected chi connectivity index (χ4v) is 2.79. The standard InChI is InChI=1S/C20H16N4O5S/c1-12-8-9-13(21-19(26)17-7-4-10-29-17)11-15(12)22-20(30)23-18(25)14-5-2-3-6-16(14)24(27)28/h2-11H,1H3,(H,21,26)(H2,22,23,25,30). The zero-order valence-corrected chi connectivity index (χ0v) is 16.5. The van der Waals surface area contributed by atoms with E-state index in [1.54, 1.807) is 24.3 Å². The number of hydrogen-bond acceptors (Lipinski definition) is 6. The minimum absolute atomic E-state index is 0.0456. The van der Waals surface area contributed by atoms with Gasteiger partial charge in [0.15, 0.2) is 10.9 Å². The van der Waals surface area contributed by atoms with Gasteiger partial charge < -0.3 is 15.1 Å². The second-order valence-corrected chi connectivity index (χ2v) is 6.55. The first kappa shape index (κ1) is 20.7. The van der Waals surface area contributed by atoms with Crippen LogP contribution >= 0.6 is 12.2 Å². The van der Waals surface area contributed by atoms with Crippen molar-refractivity contribution in [2.24, 2.45) is 0 Å². The van der Waals surface area contributed by atoms with Crippen LogP contribution in [0.4, 0.5) is 17.1 Å². The van der Waals surface area contributed by atoms with Crippen molar-refractivity contribution in [3.8, 4) is 0 Å². The fourth-order valence-electron chi connectivity index (χ4n) is 2.58. The smallest absolute Gasteiger partial charge is 0.291 e. The molecule has 3 rings (SSSR count). The Morgan fingerprint density at radius 1 is 1.03 bits per heavy atom. The summed E-state index contributed by atoms with van der Waals surface area (Å²) in [6.07, 6.45) is 1.40. The average molecular weight is 424 g/mol. The number of hydrogen-bond donors (Lipinski definition) is 3. The molecular formula is C20H16N4O5S. The van der Waals surface area contributed by atoms with Crippen LogP contribution in [0.1, 0.15) is 26.5 Å². The molecule has 0 unspecified atom stereocenters. The summed E-state index contributed by atoms with van der Waals surface area (Å²) in [5, 5.41) is 19.0. The quantitative estimate of drug-likeness (QED) is 0.322. The lowest BCUT2D eigenvalue weighted by Gasteiger charge is -2.13. The lowest BCUT2D eigenvalue weighted by molar-refractivity contribution is -0.385. The van der Waals surface area contributed by atoms with E-state index in [0.29, 0.717) is 11.4 Å². The van der Waals surface area contributed by atoms with Gasteiger partial charge in [0.25, 0.3) is 17.5 Å². The predicted octanol–water partition coefficient (Wildman–Crippen LogP) is 3.88. The van der Waals surface area contributed by atoms with E-state index in [1.807, 2.05) is 6.92 Å². The van der Waals surface area contributed by atoms with E-state index in [1.165, 1.54) is 36.6 Å². The van der Waals surface area contributed by atoms with Crippen molar-refractivity contribution in [1.82, 2.24) is 5.32 Å². The molecule has 0 atom stereocenters. The number of rotatable bonds is 5. The number of anilines is 2. The highest BCUT2D eigenvalue weighted by Crippen LogP contribution is 2.21. The van der Waals surface area contributed by atoms with Gasteiger partial charge in [0.1, 0.15) is 5.56 Å². The van der Waals surface area contributed by atoms with Crippen molar-refractivity contribution in [2.45, 2.75) is 6.92 Å². The number of amides is 2. The zero-order valence-electron chi connectivity index (χ0n) is 15.7. The highest BCUT2D eigenvalue weighted by molar-refractivity contribution is 7.80. The molecule has 2 aromatic carbocycles. The first-order valence-corrected chi connectivity index (χ1v) is 9.07. The van der Waals surface area contributed by atoms with Gasteiger partial charge in [0, 0.05) is 17.4 Å². The van der Waals surface area contributed by atoms with Crippen LogP contribution in [0.5, 0.6) is 0 Å². The molecule has 0 aliphatic heterocycles. The van der Waals surface area contributed by atoms with Gasteiger partial charge in [-0.25, -0.2) is 0 Å². The summed E-state index contributed by atoms with van der Waals surface area (Å²) in [7, 11) is 0. The van der Waals surface area contributed by atoms with Crippen LogP contribution in [-0.2, 0) is 0 Å². The Bertz CT molecular complexity index is 1130. The minimum atomic E-state index is -0.709. The first-order chi connectivity index (χ1) is 14.3. The Morgan fingerprint density at radius 3 is 2.50 bits per heavy atom. The molecule has 0 spiro atoms. The summed E-state index contributed by atoms with van der Waals surface area (Å²) >= 11 is 5.16. The summed E-state index contributed by atoms with van der Waals surface area (Å²) in [5.74, 6) is -0.959. The second-order valence-electron chi connectivity index (χ2n) is 6.14. The molecule has 9 nitrogen and oxygen atoms in total. The van der Waals surface area contributed by atoms with Gasteiger partial charge in [-0.05, 0) is 55.0 Å². The molecule has 1 aromatic heterocycles. The molecule has 0 aliphatic rings. The number of carbonyl (C=O) groups is 2. The monoisotopic (exact) mass is 424 g/mol. The van der Waals surface area contributed by atoms with Crippen LogP contribution in [0, 0.1) is 17.0 Å². The van der Waals surface area contributed by atoms with Crippen molar-refractivity contribution < 1.29 is 18.9 Å². The lowest BCUT2D eigenvalue weighted by Crippen LogP contribution is -2.34. The molecule has 1 heterocycles. The number of benzene rings is 2. The Hall–Kier alpha value is -4.05. The summed E-state index contributed by atoms with van der Waals surface area (Å²) < 4.78 is 5.05. The maximum atomic E-state index is 12.4. The van der Waals surface area contributed by atoms with Gasteiger partial charge >= 0.3 is 0 Å². The Balaban J connectivity index is 1.70. The largest absolute Gasteiger partial charge is 0.459 e. The van der Waals surface area contributed by atoms with E-state index < -0.39 is 16.7 Å². The topological polar surface area (TPSA) is 127 Å². The van der Waals surface area contributed by atoms with Gasteiger partial charge in [-0.3, -0.25) is 25.0 Å². The second kappa shape index (κ2) is 8.97. The summed E-state index contributed by atoms with van der Waals surface area (Å²) in [5.41, 5.74) is 1.39. The van der Waals surface area contributed by atoms with Crippen LogP contribution in [0.3, 0.4) is 0 Å². The number of nitrogens with zero attached hydrogens (tertiary/aromatic N) is 1. The zero-order chi connectivity index (χ0) is 21.7. The molecule has 3 N–H and O–H groups in total. The number of carbonyl (C=O) groups excluding carboxylic acids is 2. The van der Waals surface area contributed by atoms with Crippen LogP contribution < -0.4 is 16.0 Å². The van der Waals surface area contributed by atoms with Crippen molar-refractivity contribution >= 4 is 46.2 Å². The van der Waals surface area contributed by atoms with Gasteiger partial charge in [0.2, 0.25) is 0 Å². The summed E-state index contributed by atoms with van der Waals surface area (Å²) in [6.45, 7) is 1.81. The van der Waals surface area contributed by atoms with E-state index >= 15 is 0 Å². The van der Waals surface area contributed by atoms with E-state index in [-0.39, 0.29) is 22.1 Å². The maximum Gasteiger partial charge on any atom is 0.291 e. The summed E-state index contributed by atoms with van der Waals surface area (Å²) in [4.78, 5) is 35.0. The van der Waals surface area contributed by atoms with E-state index in [2.05, 4.69) is 16.0 Å². The maximum absolute atomic E-state index is 12.4. The third-order valence-electron chi connectivity index (χ3n) is 4.06. The molecule has 0 fully saturated rings. The molecule has 10 heteroatoms. The normalized spacial score (nSPS) is 10.2. The number of thiocarbonyl (C=S) groups is 1. The molecule has 0 radical (unpaired) electrons. The third kappa shape index (κ3) is 4.86. The molecule has 3 aromatic rings. The lowest BCUT2D eigenvalue weighted by atomic mass is 10.1. The predicted molar refractivity (Wildman–Crippen MR) is 115 cm³/mol. The van der Waals surface area contributed by atoms with E-state index in [4.69, 9.17) is 16.6 Å². The highest BCUT2D eigenvalue weighted by Gasteiger charge is 2.20. The number of nitro groups is 1. The molecule has 152 valence electrons. The molecule has 0 bridgehead atoms. The van der Waals surface area contributed by atoms with Crippen molar-refractivity contribution in [3.63, 3.8) is 0 Å². The number of nitro benzene ring substituents is 1. The minimum Gasteiger partial charge on any atom is -0.459 e. The van der Waals surface area contributed by atoms with Crippen molar-refractivity contribution in [2.75, 3.05) is 10.6 Å². The molecule has 0 aliphatic carbocycles. The number of nitrogens with one attached hydrogen (secondary N) is 3. The molecule has 0 saturated heterocycles.